The minimum Gasteiger partial charge on any atom is -0.444 e. The third-order valence-corrected chi connectivity index (χ3v) is 4.41. The van der Waals surface area contributed by atoms with Crippen LogP contribution in [0.3, 0.4) is 0 Å². The molecule has 0 aromatic carbocycles. The molecule has 1 saturated carbocycles. The van der Waals surface area contributed by atoms with Gasteiger partial charge < -0.3 is 14.5 Å². The Hall–Kier alpha value is -1.86. The van der Waals surface area contributed by atoms with Gasteiger partial charge in [0.25, 0.3) is 5.95 Å². The average Bonchev–Trinajstić information content (AvgIpc) is 3.22. The molecule has 1 amide bonds. The fourth-order valence-electron chi connectivity index (χ4n) is 3.10. The number of tetrazole rings is 1. The van der Waals surface area contributed by atoms with E-state index in [0.717, 1.165) is 45.3 Å². The molecule has 0 radical (unpaired) electrons. The van der Waals surface area contributed by atoms with Crippen LogP contribution in [0.2, 0.25) is 0 Å². The molecule has 134 valence electrons. The highest BCUT2D eigenvalue weighted by molar-refractivity contribution is 5.69. The van der Waals surface area contributed by atoms with Crippen LogP contribution < -0.4 is 4.90 Å². The van der Waals surface area contributed by atoms with Crippen molar-refractivity contribution in [1.82, 2.24) is 25.1 Å². The number of piperidine rings is 1. The maximum absolute atomic E-state index is 12.6. The molecular weight excluding hydrogens is 308 g/mol. The predicted molar refractivity (Wildman–Crippen MR) is 89.8 cm³/mol. The zero-order valence-electron chi connectivity index (χ0n) is 15.1. The molecule has 2 heterocycles. The second-order valence-corrected chi connectivity index (χ2v) is 7.61. The molecule has 0 spiro atoms. The van der Waals surface area contributed by atoms with E-state index in [0.29, 0.717) is 12.0 Å². The van der Waals surface area contributed by atoms with Gasteiger partial charge in [0.15, 0.2) is 0 Å². The molecule has 1 aromatic rings. The van der Waals surface area contributed by atoms with E-state index in [1.54, 1.807) is 4.80 Å². The monoisotopic (exact) mass is 336 g/mol. The second-order valence-electron chi connectivity index (χ2n) is 7.61. The summed E-state index contributed by atoms with van der Waals surface area (Å²) in [5.74, 6) is 0.686. The number of carbonyl (C=O) groups excluding carboxylic acids is 1. The lowest BCUT2D eigenvalue weighted by atomic mass is 10.0. The first kappa shape index (κ1) is 17.0. The molecule has 3 rings (SSSR count). The van der Waals surface area contributed by atoms with Gasteiger partial charge in [0.2, 0.25) is 0 Å². The Morgan fingerprint density at radius 3 is 2.33 bits per heavy atom. The Morgan fingerprint density at radius 1 is 1.21 bits per heavy atom. The Bertz CT molecular complexity index is 569. The van der Waals surface area contributed by atoms with Crippen molar-refractivity contribution in [2.75, 3.05) is 18.0 Å². The minimum atomic E-state index is -0.451. The Morgan fingerprint density at radius 2 is 1.83 bits per heavy atom. The number of nitrogens with zero attached hydrogens (tertiary/aromatic N) is 6. The Labute approximate surface area is 143 Å². The molecule has 0 N–H and O–H groups in total. The number of anilines is 1. The van der Waals surface area contributed by atoms with E-state index >= 15 is 0 Å². The van der Waals surface area contributed by atoms with Crippen molar-refractivity contribution in [3.05, 3.63) is 0 Å². The highest BCUT2D eigenvalue weighted by Gasteiger charge is 2.40. The summed E-state index contributed by atoms with van der Waals surface area (Å²) in [5, 5.41) is 12.5. The van der Waals surface area contributed by atoms with Gasteiger partial charge in [-0.05, 0) is 58.6 Å². The van der Waals surface area contributed by atoms with Gasteiger partial charge in [-0.15, -0.1) is 5.10 Å². The summed E-state index contributed by atoms with van der Waals surface area (Å²) in [4.78, 5) is 18.3. The van der Waals surface area contributed by atoms with E-state index in [-0.39, 0.29) is 12.1 Å². The first-order valence-corrected chi connectivity index (χ1v) is 8.91. The van der Waals surface area contributed by atoms with Crippen molar-refractivity contribution in [3.63, 3.8) is 0 Å². The number of ether oxygens (including phenoxy) is 1. The first-order chi connectivity index (χ1) is 11.4. The number of aryl methyl sites for hydroxylation is 1. The molecule has 1 aliphatic carbocycles. The molecule has 1 aromatic heterocycles. The van der Waals surface area contributed by atoms with Crippen molar-refractivity contribution < 1.29 is 9.53 Å². The quantitative estimate of drug-likeness (QED) is 0.838. The molecule has 0 bridgehead atoms. The lowest BCUT2D eigenvalue weighted by Crippen LogP contribution is -2.50. The van der Waals surface area contributed by atoms with Gasteiger partial charge in [0, 0.05) is 25.2 Å². The van der Waals surface area contributed by atoms with E-state index in [1.807, 2.05) is 32.6 Å². The molecule has 0 unspecified atom stereocenters. The average molecular weight is 336 g/mol. The zero-order valence-corrected chi connectivity index (χ0v) is 15.1. The second kappa shape index (κ2) is 6.57. The SMILES string of the molecule is CCn1nnc(N2CCC(N(C(=O)OC(C)(C)C)C3CC3)CC2)n1. The first-order valence-electron chi connectivity index (χ1n) is 8.91. The minimum absolute atomic E-state index is 0.168. The summed E-state index contributed by atoms with van der Waals surface area (Å²) in [6.07, 6.45) is 3.84. The highest BCUT2D eigenvalue weighted by Crippen LogP contribution is 2.33. The van der Waals surface area contributed by atoms with E-state index in [1.165, 1.54) is 0 Å². The fraction of sp³-hybridized carbons (Fsp3) is 0.875. The van der Waals surface area contributed by atoms with Crippen molar-refractivity contribution in [2.45, 2.75) is 77.6 Å². The van der Waals surface area contributed by atoms with Crippen molar-refractivity contribution in [2.24, 2.45) is 0 Å². The molecule has 2 aliphatic rings. The summed E-state index contributed by atoms with van der Waals surface area (Å²) in [7, 11) is 0. The third kappa shape index (κ3) is 3.96. The topological polar surface area (TPSA) is 76.4 Å². The number of carbonyl (C=O) groups is 1. The Balaban J connectivity index is 1.60. The van der Waals surface area contributed by atoms with Crippen molar-refractivity contribution >= 4 is 12.0 Å². The van der Waals surface area contributed by atoms with E-state index in [2.05, 4.69) is 20.3 Å². The van der Waals surface area contributed by atoms with Crippen LogP contribution in [0.25, 0.3) is 0 Å². The van der Waals surface area contributed by atoms with E-state index in [4.69, 9.17) is 4.74 Å². The van der Waals surface area contributed by atoms with Gasteiger partial charge in [-0.25, -0.2) is 4.79 Å². The van der Waals surface area contributed by atoms with Crippen LogP contribution >= 0.6 is 0 Å². The van der Waals surface area contributed by atoms with Crippen LogP contribution in [-0.2, 0) is 11.3 Å². The number of aromatic nitrogens is 4. The number of rotatable bonds is 4. The van der Waals surface area contributed by atoms with Gasteiger partial charge in [-0.1, -0.05) is 5.10 Å². The maximum atomic E-state index is 12.6. The number of hydrogen-bond acceptors (Lipinski definition) is 6. The van der Waals surface area contributed by atoms with Crippen molar-refractivity contribution in [3.8, 4) is 0 Å². The molecule has 0 atom stereocenters. The van der Waals surface area contributed by atoms with E-state index in [9.17, 15) is 4.79 Å². The predicted octanol–water partition coefficient (Wildman–Crippen LogP) is 2.06. The Kier molecular flexibility index (Phi) is 4.64. The lowest BCUT2D eigenvalue weighted by Gasteiger charge is -2.38. The van der Waals surface area contributed by atoms with Crippen LogP contribution in [0.4, 0.5) is 10.7 Å². The van der Waals surface area contributed by atoms with Gasteiger partial charge in [-0.2, -0.15) is 4.80 Å². The van der Waals surface area contributed by atoms with Crippen LogP contribution in [0, 0.1) is 0 Å². The van der Waals surface area contributed by atoms with Gasteiger partial charge in [0.1, 0.15) is 5.60 Å². The lowest BCUT2D eigenvalue weighted by molar-refractivity contribution is 0.0113. The van der Waals surface area contributed by atoms with Gasteiger partial charge >= 0.3 is 6.09 Å². The third-order valence-electron chi connectivity index (χ3n) is 4.41. The summed E-state index contributed by atoms with van der Waals surface area (Å²) in [6.45, 7) is 10.1. The van der Waals surface area contributed by atoms with E-state index < -0.39 is 5.60 Å². The summed E-state index contributed by atoms with van der Waals surface area (Å²) in [6, 6.07) is 0.598. The van der Waals surface area contributed by atoms with Crippen LogP contribution in [0.1, 0.15) is 53.4 Å². The molecule has 24 heavy (non-hydrogen) atoms. The molecule has 8 heteroatoms. The standard InChI is InChI=1S/C16H28N6O2/c1-5-21-18-14(17-19-21)20-10-8-13(9-11-20)22(12-6-7-12)15(23)24-16(2,3)4/h12-13H,5-11H2,1-4H3. The highest BCUT2D eigenvalue weighted by atomic mass is 16.6. The molecule has 2 fully saturated rings. The van der Waals surface area contributed by atoms with Crippen molar-refractivity contribution in [1.29, 1.82) is 0 Å². The maximum Gasteiger partial charge on any atom is 0.410 e. The summed E-state index contributed by atoms with van der Waals surface area (Å²) in [5.41, 5.74) is -0.451. The smallest absolute Gasteiger partial charge is 0.410 e. The largest absolute Gasteiger partial charge is 0.444 e. The molecule has 8 nitrogen and oxygen atoms in total. The van der Waals surface area contributed by atoms with Gasteiger partial charge in [0.05, 0.1) is 6.54 Å². The fourth-order valence-corrected chi connectivity index (χ4v) is 3.10. The molecule has 1 aliphatic heterocycles. The summed E-state index contributed by atoms with van der Waals surface area (Å²) < 4.78 is 5.62. The number of hydrogen-bond donors (Lipinski definition) is 0. The van der Waals surface area contributed by atoms with Crippen LogP contribution in [0.5, 0.6) is 0 Å². The molecule has 1 saturated heterocycles. The zero-order chi connectivity index (χ0) is 17.3. The van der Waals surface area contributed by atoms with Crippen LogP contribution in [-0.4, -0.2) is 62.0 Å². The molecular formula is C16H28N6O2. The number of amides is 1. The summed E-state index contributed by atoms with van der Waals surface area (Å²) >= 11 is 0. The normalized spacial score (nSPS) is 19.4. The van der Waals surface area contributed by atoms with Gasteiger partial charge in [-0.3, -0.25) is 0 Å². The van der Waals surface area contributed by atoms with Crippen LogP contribution in [0.15, 0.2) is 0 Å².